The summed E-state index contributed by atoms with van der Waals surface area (Å²) in [7, 11) is -3.64. The number of rotatable bonds is 4. The van der Waals surface area contributed by atoms with Crippen molar-refractivity contribution in [3.05, 3.63) is 62.9 Å². The Morgan fingerprint density at radius 2 is 1.55 bits per heavy atom. The molecule has 0 N–H and O–H groups in total. The first-order valence-electron chi connectivity index (χ1n) is 11.0. The summed E-state index contributed by atoms with van der Waals surface area (Å²) in [5.74, 6) is -0.0679. The molecule has 3 aromatic rings. The van der Waals surface area contributed by atoms with Crippen LogP contribution in [0.2, 0.25) is 0 Å². The van der Waals surface area contributed by atoms with E-state index in [2.05, 4.69) is 4.98 Å². The smallest absolute Gasteiger partial charge is 0.255 e. The maximum atomic E-state index is 13.5. The number of aryl methyl sites for hydroxylation is 3. The SMILES string of the molecule is Cc1cc(C)c(C)c(S(=O)(=O)N2CCN(C(=O)c3cc(C)n(-c4nccs4)c3C)CC2)c1C. The van der Waals surface area contributed by atoms with Crippen LogP contribution in [0.5, 0.6) is 0 Å². The molecule has 1 aliphatic heterocycles. The maximum absolute atomic E-state index is 13.5. The van der Waals surface area contributed by atoms with Crippen molar-refractivity contribution in [2.24, 2.45) is 0 Å². The molecular formula is C24H30N4O3S2. The topological polar surface area (TPSA) is 75.5 Å². The molecule has 0 aliphatic carbocycles. The molecule has 1 amide bonds. The first kappa shape index (κ1) is 23.7. The van der Waals surface area contributed by atoms with E-state index in [1.807, 2.05) is 63.6 Å². The number of benzene rings is 1. The molecule has 0 atom stereocenters. The predicted molar refractivity (Wildman–Crippen MR) is 131 cm³/mol. The van der Waals surface area contributed by atoms with E-state index in [-0.39, 0.29) is 19.0 Å². The first-order valence-corrected chi connectivity index (χ1v) is 13.3. The fourth-order valence-corrected chi connectivity index (χ4v) is 7.35. The summed E-state index contributed by atoms with van der Waals surface area (Å²) in [6.45, 7) is 12.8. The third-order valence-corrected chi connectivity index (χ3v) is 9.62. The Kier molecular flexibility index (Phi) is 6.24. The van der Waals surface area contributed by atoms with Crippen LogP contribution in [0.3, 0.4) is 0 Å². The third kappa shape index (κ3) is 4.02. The minimum atomic E-state index is -3.64. The molecule has 1 fully saturated rings. The number of thiazole rings is 1. The monoisotopic (exact) mass is 486 g/mol. The van der Waals surface area contributed by atoms with Gasteiger partial charge in [-0.15, -0.1) is 11.3 Å². The lowest BCUT2D eigenvalue weighted by Crippen LogP contribution is -2.50. The van der Waals surface area contributed by atoms with Gasteiger partial charge in [-0.1, -0.05) is 6.07 Å². The zero-order valence-corrected chi connectivity index (χ0v) is 21.6. The fraction of sp³-hybridized carbons (Fsp3) is 0.417. The van der Waals surface area contributed by atoms with Gasteiger partial charge in [-0.05, 0) is 69.9 Å². The molecule has 7 nitrogen and oxygen atoms in total. The van der Waals surface area contributed by atoms with Gasteiger partial charge < -0.3 is 4.90 Å². The molecule has 1 aromatic carbocycles. The van der Waals surface area contributed by atoms with Gasteiger partial charge in [-0.25, -0.2) is 13.4 Å². The number of piperazine rings is 1. The third-order valence-electron chi connectivity index (χ3n) is 6.69. The van der Waals surface area contributed by atoms with Gasteiger partial charge in [0.1, 0.15) is 0 Å². The van der Waals surface area contributed by atoms with Crippen LogP contribution < -0.4 is 0 Å². The molecule has 0 spiro atoms. The van der Waals surface area contributed by atoms with Crippen LogP contribution in [-0.2, 0) is 10.0 Å². The molecule has 0 radical (unpaired) electrons. The highest BCUT2D eigenvalue weighted by molar-refractivity contribution is 7.89. The Morgan fingerprint density at radius 1 is 0.939 bits per heavy atom. The average molecular weight is 487 g/mol. The molecule has 33 heavy (non-hydrogen) atoms. The van der Waals surface area contributed by atoms with Crippen LogP contribution in [0.25, 0.3) is 5.13 Å². The highest BCUT2D eigenvalue weighted by atomic mass is 32.2. The molecule has 2 aromatic heterocycles. The van der Waals surface area contributed by atoms with Crippen molar-refractivity contribution in [3.63, 3.8) is 0 Å². The lowest BCUT2D eigenvalue weighted by atomic mass is 10.0. The van der Waals surface area contributed by atoms with Crippen molar-refractivity contribution >= 4 is 27.3 Å². The zero-order valence-electron chi connectivity index (χ0n) is 20.0. The van der Waals surface area contributed by atoms with E-state index in [1.165, 1.54) is 15.6 Å². The molecule has 176 valence electrons. The zero-order chi connectivity index (χ0) is 24.1. The largest absolute Gasteiger partial charge is 0.336 e. The van der Waals surface area contributed by atoms with E-state index >= 15 is 0 Å². The number of amides is 1. The highest BCUT2D eigenvalue weighted by Crippen LogP contribution is 2.30. The Morgan fingerprint density at radius 3 is 2.09 bits per heavy atom. The molecule has 0 bridgehead atoms. The van der Waals surface area contributed by atoms with Crippen LogP contribution in [0.1, 0.15) is 44.0 Å². The molecule has 9 heteroatoms. The molecule has 3 heterocycles. The quantitative estimate of drug-likeness (QED) is 0.560. The second-order valence-electron chi connectivity index (χ2n) is 8.72. The molecule has 1 aliphatic rings. The maximum Gasteiger partial charge on any atom is 0.255 e. The van der Waals surface area contributed by atoms with Crippen molar-refractivity contribution in [2.75, 3.05) is 26.2 Å². The standard InChI is InChI=1S/C24H30N4O3S2/c1-15-13-16(2)19(5)22(18(15)4)33(30,31)27-10-8-26(9-11-27)23(29)21-14-17(3)28(20(21)6)24-25-7-12-32-24/h7,12-14H,8-11H2,1-6H3. The van der Waals surface area contributed by atoms with E-state index < -0.39 is 10.0 Å². The van der Waals surface area contributed by atoms with E-state index in [0.29, 0.717) is 23.5 Å². The van der Waals surface area contributed by atoms with Crippen molar-refractivity contribution in [3.8, 4) is 5.13 Å². The fourth-order valence-electron chi connectivity index (χ4n) is 4.60. The lowest BCUT2D eigenvalue weighted by molar-refractivity contribution is 0.0697. The number of aromatic nitrogens is 2. The van der Waals surface area contributed by atoms with Crippen LogP contribution in [0.15, 0.2) is 28.6 Å². The van der Waals surface area contributed by atoms with Crippen molar-refractivity contribution in [1.29, 1.82) is 0 Å². The Hall–Kier alpha value is -2.49. The van der Waals surface area contributed by atoms with Crippen molar-refractivity contribution in [1.82, 2.24) is 18.8 Å². The normalized spacial score (nSPS) is 15.3. The van der Waals surface area contributed by atoms with E-state index in [9.17, 15) is 13.2 Å². The minimum absolute atomic E-state index is 0.0679. The van der Waals surface area contributed by atoms with Gasteiger partial charge in [-0.2, -0.15) is 4.31 Å². The number of nitrogens with zero attached hydrogens (tertiary/aromatic N) is 4. The summed E-state index contributed by atoms with van der Waals surface area (Å²) in [5, 5.41) is 2.74. The molecule has 1 saturated heterocycles. The van der Waals surface area contributed by atoms with Gasteiger partial charge in [0.2, 0.25) is 10.0 Å². The van der Waals surface area contributed by atoms with Crippen LogP contribution in [-0.4, -0.2) is 59.3 Å². The second-order valence-corrected chi connectivity index (χ2v) is 11.5. The minimum Gasteiger partial charge on any atom is -0.336 e. The number of carbonyl (C=O) groups excluding carboxylic acids is 1. The molecule has 0 unspecified atom stereocenters. The summed E-state index contributed by atoms with van der Waals surface area (Å²) < 4.78 is 30.6. The number of hydrogen-bond donors (Lipinski definition) is 0. The summed E-state index contributed by atoms with van der Waals surface area (Å²) in [4.78, 5) is 19.8. The van der Waals surface area contributed by atoms with Gasteiger partial charge in [0.25, 0.3) is 5.91 Å². The Bertz CT molecular complexity index is 1290. The van der Waals surface area contributed by atoms with Crippen molar-refractivity contribution < 1.29 is 13.2 Å². The van der Waals surface area contributed by atoms with E-state index in [1.54, 1.807) is 11.1 Å². The van der Waals surface area contributed by atoms with Gasteiger partial charge in [0.05, 0.1) is 10.5 Å². The first-order chi connectivity index (χ1) is 15.5. The van der Waals surface area contributed by atoms with Gasteiger partial charge in [-0.3, -0.25) is 9.36 Å². The average Bonchev–Trinajstić information content (AvgIpc) is 3.39. The summed E-state index contributed by atoms with van der Waals surface area (Å²) in [6, 6.07) is 3.92. The number of carbonyl (C=O) groups is 1. The van der Waals surface area contributed by atoms with Crippen LogP contribution in [0.4, 0.5) is 0 Å². The van der Waals surface area contributed by atoms with Gasteiger partial charge in [0, 0.05) is 49.1 Å². The van der Waals surface area contributed by atoms with Gasteiger partial charge >= 0.3 is 0 Å². The summed E-state index contributed by atoms with van der Waals surface area (Å²) in [5.41, 5.74) is 5.98. The summed E-state index contributed by atoms with van der Waals surface area (Å²) >= 11 is 1.52. The van der Waals surface area contributed by atoms with E-state index in [0.717, 1.165) is 38.8 Å². The van der Waals surface area contributed by atoms with Crippen LogP contribution >= 0.6 is 11.3 Å². The number of hydrogen-bond acceptors (Lipinski definition) is 5. The summed E-state index contributed by atoms with van der Waals surface area (Å²) in [6.07, 6.45) is 1.75. The molecular weight excluding hydrogens is 456 g/mol. The lowest BCUT2D eigenvalue weighted by Gasteiger charge is -2.34. The van der Waals surface area contributed by atoms with Crippen LogP contribution in [0, 0.1) is 41.5 Å². The molecule has 0 saturated carbocycles. The predicted octanol–water partition coefficient (Wildman–Crippen LogP) is 3.93. The Balaban J connectivity index is 1.55. The van der Waals surface area contributed by atoms with Gasteiger partial charge in [0.15, 0.2) is 5.13 Å². The van der Waals surface area contributed by atoms with E-state index in [4.69, 9.17) is 0 Å². The van der Waals surface area contributed by atoms with Crippen molar-refractivity contribution in [2.45, 2.75) is 46.4 Å². The Labute approximate surface area is 199 Å². The highest BCUT2D eigenvalue weighted by Gasteiger charge is 2.34. The number of sulfonamides is 1. The molecule has 4 rings (SSSR count). The second kappa shape index (κ2) is 8.70.